The Hall–Kier alpha value is -1.62. The molecule has 2 aliphatic rings. The molecule has 1 aromatic heterocycles. The number of hydrogen-bond acceptors (Lipinski definition) is 3. The van der Waals surface area contributed by atoms with Gasteiger partial charge in [0.05, 0.1) is 5.56 Å². The van der Waals surface area contributed by atoms with Gasteiger partial charge in [-0.1, -0.05) is 19.3 Å². The van der Waals surface area contributed by atoms with Crippen LogP contribution < -0.4 is 5.56 Å². The van der Waals surface area contributed by atoms with Crippen LogP contribution in [0.25, 0.3) is 0 Å². The number of hydrogen-bond donors (Lipinski definition) is 1. The van der Waals surface area contributed by atoms with E-state index in [4.69, 9.17) is 0 Å². The summed E-state index contributed by atoms with van der Waals surface area (Å²) >= 11 is 0. The fourth-order valence-corrected chi connectivity index (χ4v) is 4.29. The summed E-state index contributed by atoms with van der Waals surface area (Å²) in [5, 5.41) is 0. The summed E-state index contributed by atoms with van der Waals surface area (Å²) < 4.78 is 0. The van der Waals surface area contributed by atoms with Crippen LogP contribution in [0.2, 0.25) is 0 Å². The Kier molecular flexibility index (Phi) is 5.39. The normalized spacial score (nSPS) is 20.8. The highest BCUT2D eigenvalue weighted by molar-refractivity contribution is 5.96. The van der Waals surface area contributed by atoms with Gasteiger partial charge < -0.3 is 9.88 Å². The number of rotatable bonds is 2. The maximum atomic E-state index is 13.0. The number of aromatic amines is 1. The highest BCUT2D eigenvalue weighted by Gasteiger charge is 2.27. The van der Waals surface area contributed by atoms with Gasteiger partial charge in [0.15, 0.2) is 0 Å². The molecule has 5 nitrogen and oxygen atoms in total. The molecule has 0 unspecified atom stereocenters. The monoisotopic (exact) mass is 331 g/mol. The van der Waals surface area contributed by atoms with E-state index in [1.807, 2.05) is 18.7 Å². The molecule has 24 heavy (non-hydrogen) atoms. The maximum Gasteiger partial charge on any atom is 0.255 e. The lowest BCUT2D eigenvalue weighted by Crippen LogP contribution is -2.40. The zero-order chi connectivity index (χ0) is 17.1. The molecule has 0 bridgehead atoms. The van der Waals surface area contributed by atoms with Crippen molar-refractivity contribution in [2.45, 2.75) is 58.4 Å². The lowest BCUT2D eigenvalue weighted by molar-refractivity contribution is 0.0753. The molecular formula is C19H29N3O2. The molecule has 1 N–H and O–H groups in total. The summed E-state index contributed by atoms with van der Waals surface area (Å²) in [5.74, 6) is 0.0618. The molecule has 1 amide bonds. The second-order valence-electron chi connectivity index (χ2n) is 7.29. The van der Waals surface area contributed by atoms with Gasteiger partial charge in [0.2, 0.25) is 5.56 Å². The Morgan fingerprint density at radius 3 is 2.50 bits per heavy atom. The first-order valence-electron chi connectivity index (χ1n) is 9.30. The summed E-state index contributed by atoms with van der Waals surface area (Å²) in [7, 11) is 0. The molecule has 1 aromatic rings. The van der Waals surface area contributed by atoms with E-state index in [0.717, 1.165) is 38.2 Å². The van der Waals surface area contributed by atoms with Gasteiger partial charge in [-0.05, 0) is 38.7 Å². The van der Waals surface area contributed by atoms with E-state index in [2.05, 4.69) is 9.88 Å². The fraction of sp³-hybridized carbons (Fsp3) is 0.684. The standard InChI is InChI=1S/C19H29N3O2/c1-14-13-17(23)20-15(2)18(14)19(24)22-10-6-9-21(11-12-22)16-7-4-3-5-8-16/h13,16H,3-12H2,1-2H3,(H,20,23). The number of carbonyl (C=O) groups is 1. The van der Waals surface area contributed by atoms with E-state index in [0.29, 0.717) is 17.3 Å². The van der Waals surface area contributed by atoms with Gasteiger partial charge in [-0.15, -0.1) is 0 Å². The van der Waals surface area contributed by atoms with Crippen molar-refractivity contribution in [3.63, 3.8) is 0 Å². The lowest BCUT2D eigenvalue weighted by Gasteiger charge is -2.33. The van der Waals surface area contributed by atoms with Crippen molar-refractivity contribution < 1.29 is 4.79 Å². The van der Waals surface area contributed by atoms with Gasteiger partial charge >= 0.3 is 0 Å². The van der Waals surface area contributed by atoms with Crippen molar-refractivity contribution in [1.82, 2.24) is 14.8 Å². The highest BCUT2D eigenvalue weighted by atomic mass is 16.2. The van der Waals surface area contributed by atoms with Crippen molar-refractivity contribution in [3.05, 3.63) is 33.2 Å². The molecule has 0 spiro atoms. The Morgan fingerprint density at radius 2 is 1.79 bits per heavy atom. The number of aromatic nitrogens is 1. The highest BCUT2D eigenvalue weighted by Crippen LogP contribution is 2.24. The smallest absolute Gasteiger partial charge is 0.255 e. The maximum absolute atomic E-state index is 13.0. The van der Waals surface area contributed by atoms with Crippen LogP contribution in [0.4, 0.5) is 0 Å². The zero-order valence-electron chi connectivity index (χ0n) is 14.9. The molecular weight excluding hydrogens is 302 g/mol. The van der Waals surface area contributed by atoms with E-state index >= 15 is 0 Å². The fourth-order valence-electron chi connectivity index (χ4n) is 4.29. The summed E-state index contributed by atoms with van der Waals surface area (Å²) in [4.78, 5) is 31.8. The number of carbonyl (C=O) groups excluding carboxylic acids is 1. The predicted molar refractivity (Wildman–Crippen MR) is 95.5 cm³/mol. The number of pyridine rings is 1. The van der Waals surface area contributed by atoms with Crippen LogP contribution in [0.3, 0.4) is 0 Å². The van der Waals surface area contributed by atoms with Crippen molar-refractivity contribution in [2.24, 2.45) is 0 Å². The minimum absolute atomic E-state index is 0.0618. The van der Waals surface area contributed by atoms with Crippen LogP contribution in [-0.4, -0.2) is 52.9 Å². The van der Waals surface area contributed by atoms with Crippen molar-refractivity contribution >= 4 is 5.91 Å². The summed E-state index contributed by atoms with van der Waals surface area (Å²) in [6.45, 7) is 7.32. The van der Waals surface area contributed by atoms with Gasteiger partial charge in [-0.2, -0.15) is 0 Å². The molecule has 1 saturated carbocycles. The van der Waals surface area contributed by atoms with E-state index in [1.54, 1.807) is 0 Å². The first kappa shape index (κ1) is 17.2. The van der Waals surface area contributed by atoms with Crippen LogP contribution in [0.1, 0.15) is 60.1 Å². The number of amides is 1. The van der Waals surface area contributed by atoms with Crippen molar-refractivity contribution in [3.8, 4) is 0 Å². The van der Waals surface area contributed by atoms with Gasteiger partial charge in [0, 0.05) is 44.0 Å². The van der Waals surface area contributed by atoms with Crippen LogP contribution in [0.15, 0.2) is 10.9 Å². The molecule has 2 heterocycles. The minimum Gasteiger partial charge on any atom is -0.337 e. The van der Waals surface area contributed by atoms with Gasteiger partial charge in [0.25, 0.3) is 5.91 Å². The van der Waals surface area contributed by atoms with E-state index < -0.39 is 0 Å². The van der Waals surface area contributed by atoms with Crippen LogP contribution in [0, 0.1) is 13.8 Å². The van der Waals surface area contributed by atoms with Gasteiger partial charge in [-0.25, -0.2) is 0 Å². The number of H-pyrrole nitrogens is 1. The summed E-state index contributed by atoms with van der Waals surface area (Å²) in [6, 6.07) is 2.23. The second kappa shape index (κ2) is 7.51. The second-order valence-corrected chi connectivity index (χ2v) is 7.29. The molecule has 5 heteroatoms. The Labute approximate surface area is 144 Å². The predicted octanol–water partition coefficient (Wildman–Crippen LogP) is 2.47. The molecule has 0 atom stereocenters. The number of nitrogens with one attached hydrogen (secondary N) is 1. The Morgan fingerprint density at radius 1 is 1.04 bits per heavy atom. The van der Waals surface area contributed by atoms with Gasteiger partial charge in [-0.3, -0.25) is 14.5 Å². The van der Waals surface area contributed by atoms with Gasteiger partial charge in [0.1, 0.15) is 0 Å². The van der Waals surface area contributed by atoms with E-state index in [-0.39, 0.29) is 11.5 Å². The van der Waals surface area contributed by atoms with E-state index in [1.165, 1.54) is 38.2 Å². The topological polar surface area (TPSA) is 56.4 Å². The summed E-state index contributed by atoms with van der Waals surface area (Å²) in [6.07, 6.45) is 7.72. The average Bonchev–Trinajstić information content (AvgIpc) is 2.80. The van der Waals surface area contributed by atoms with E-state index in [9.17, 15) is 9.59 Å². The molecule has 132 valence electrons. The number of aryl methyl sites for hydroxylation is 2. The molecule has 3 rings (SSSR count). The SMILES string of the molecule is Cc1cc(=O)[nH]c(C)c1C(=O)N1CCCN(C2CCCCC2)CC1. The number of nitrogens with zero attached hydrogens (tertiary/aromatic N) is 2. The molecule has 1 aliphatic carbocycles. The third-order valence-corrected chi connectivity index (χ3v) is 5.55. The largest absolute Gasteiger partial charge is 0.337 e. The van der Waals surface area contributed by atoms with Crippen LogP contribution in [0.5, 0.6) is 0 Å². The summed E-state index contributed by atoms with van der Waals surface area (Å²) in [5.41, 5.74) is 1.98. The Bertz CT molecular complexity index is 620. The first-order chi connectivity index (χ1) is 11.6. The first-order valence-corrected chi connectivity index (χ1v) is 9.30. The van der Waals surface area contributed by atoms with Crippen molar-refractivity contribution in [2.75, 3.05) is 26.2 Å². The third kappa shape index (κ3) is 3.72. The Balaban J connectivity index is 1.69. The third-order valence-electron chi connectivity index (χ3n) is 5.55. The zero-order valence-corrected chi connectivity index (χ0v) is 14.9. The van der Waals surface area contributed by atoms with Crippen molar-refractivity contribution in [1.29, 1.82) is 0 Å². The molecule has 1 saturated heterocycles. The molecule has 1 aliphatic heterocycles. The quantitative estimate of drug-likeness (QED) is 0.906. The lowest BCUT2D eigenvalue weighted by atomic mass is 9.94. The van der Waals surface area contributed by atoms with Crippen LogP contribution in [-0.2, 0) is 0 Å². The molecule has 0 radical (unpaired) electrons. The molecule has 0 aromatic carbocycles. The molecule has 2 fully saturated rings. The average molecular weight is 331 g/mol. The van der Waals surface area contributed by atoms with Crippen LogP contribution >= 0.6 is 0 Å². The minimum atomic E-state index is -0.138.